The monoisotopic (exact) mass is 172 g/mol. The molecule has 0 aliphatic carbocycles. The van der Waals surface area contributed by atoms with Crippen LogP contribution in [0.1, 0.15) is 0 Å². The van der Waals surface area contributed by atoms with E-state index in [1.54, 1.807) is 18.6 Å². The normalized spacial score (nSPS) is 9.85. The molecule has 0 aliphatic heterocycles. The number of anilines is 1. The lowest BCUT2D eigenvalue weighted by Crippen LogP contribution is -1.94. The number of pyridine rings is 1. The fourth-order valence-corrected chi connectivity index (χ4v) is 1.06. The lowest BCUT2D eigenvalue weighted by atomic mass is 10.2. The third kappa shape index (κ3) is 1.61. The van der Waals surface area contributed by atoms with Gasteiger partial charge in [-0.25, -0.2) is 9.97 Å². The fraction of sp³-hybridized carbons (Fsp3) is 0. The van der Waals surface area contributed by atoms with E-state index in [0.717, 1.165) is 11.3 Å². The number of nitrogens with two attached hydrogens (primary N) is 1. The second-order valence-corrected chi connectivity index (χ2v) is 2.54. The molecule has 0 aliphatic rings. The van der Waals surface area contributed by atoms with Gasteiger partial charge in [-0.15, -0.1) is 0 Å². The predicted molar refractivity (Wildman–Crippen MR) is 49.7 cm³/mol. The topological polar surface area (TPSA) is 64.7 Å². The van der Waals surface area contributed by atoms with E-state index >= 15 is 0 Å². The summed E-state index contributed by atoms with van der Waals surface area (Å²) >= 11 is 0. The molecule has 2 rings (SSSR count). The van der Waals surface area contributed by atoms with Crippen LogP contribution in [-0.2, 0) is 0 Å². The minimum atomic E-state index is 0.286. The molecule has 0 atom stereocenters. The first kappa shape index (κ1) is 7.67. The molecule has 0 unspecified atom stereocenters. The van der Waals surface area contributed by atoms with Gasteiger partial charge in [0.1, 0.15) is 0 Å². The molecule has 0 spiro atoms. The van der Waals surface area contributed by atoms with Crippen LogP contribution in [0.5, 0.6) is 0 Å². The van der Waals surface area contributed by atoms with E-state index in [1.807, 2.05) is 18.2 Å². The molecule has 0 radical (unpaired) electrons. The fourth-order valence-electron chi connectivity index (χ4n) is 1.06. The van der Waals surface area contributed by atoms with Gasteiger partial charge in [0.15, 0.2) is 0 Å². The van der Waals surface area contributed by atoms with Crippen molar-refractivity contribution in [2.24, 2.45) is 0 Å². The van der Waals surface area contributed by atoms with Crippen LogP contribution in [0, 0.1) is 0 Å². The number of aromatic nitrogens is 3. The van der Waals surface area contributed by atoms with Crippen LogP contribution in [0.2, 0.25) is 0 Å². The van der Waals surface area contributed by atoms with Crippen molar-refractivity contribution in [2.45, 2.75) is 0 Å². The highest BCUT2D eigenvalue weighted by Gasteiger charge is 1.97. The summed E-state index contributed by atoms with van der Waals surface area (Å²) in [5.74, 6) is 0.286. The van der Waals surface area contributed by atoms with Gasteiger partial charge in [-0.1, -0.05) is 0 Å². The Kier molecular flexibility index (Phi) is 1.88. The molecular weight excluding hydrogens is 164 g/mol. The Morgan fingerprint density at radius 2 is 1.77 bits per heavy atom. The molecule has 4 nitrogen and oxygen atoms in total. The van der Waals surface area contributed by atoms with E-state index in [0.29, 0.717) is 0 Å². The molecule has 64 valence electrons. The molecule has 0 aromatic carbocycles. The number of rotatable bonds is 1. The van der Waals surface area contributed by atoms with Crippen LogP contribution in [0.4, 0.5) is 5.95 Å². The van der Waals surface area contributed by atoms with Crippen molar-refractivity contribution >= 4 is 5.95 Å². The van der Waals surface area contributed by atoms with Gasteiger partial charge in [0.25, 0.3) is 0 Å². The lowest BCUT2D eigenvalue weighted by Gasteiger charge is -1.99. The molecule has 4 heteroatoms. The first-order chi connectivity index (χ1) is 6.36. The summed E-state index contributed by atoms with van der Waals surface area (Å²) in [4.78, 5) is 11.8. The van der Waals surface area contributed by atoms with Crippen molar-refractivity contribution in [1.82, 2.24) is 15.0 Å². The maximum absolute atomic E-state index is 5.46. The molecule has 0 fully saturated rings. The zero-order valence-corrected chi connectivity index (χ0v) is 6.88. The van der Waals surface area contributed by atoms with Gasteiger partial charge >= 0.3 is 0 Å². The summed E-state index contributed by atoms with van der Waals surface area (Å²) in [6.07, 6.45) is 5.07. The average molecular weight is 172 g/mol. The molecule has 0 bridgehead atoms. The van der Waals surface area contributed by atoms with Gasteiger partial charge < -0.3 is 5.73 Å². The average Bonchev–Trinajstić information content (AvgIpc) is 2.19. The van der Waals surface area contributed by atoms with Gasteiger partial charge in [0.05, 0.1) is 5.69 Å². The minimum Gasteiger partial charge on any atom is -0.368 e. The van der Waals surface area contributed by atoms with Crippen molar-refractivity contribution in [1.29, 1.82) is 0 Å². The second-order valence-electron chi connectivity index (χ2n) is 2.54. The maximum Gasteiger partial charge on any atom is 0.220 e. The Hall–Kier alpha value is -1.97. The van der Waals surface area contributed by atoms with Crippen molar-refractivity contribution < 1.29 is 0 Å². The molecule has 2 N–H and O–H groups in total. The highest BCUT2D eigenvalue weighted by atomic mass is 15.0. The number of hydrogen-bond acceptors (Lipinski definition) is 4. The Labute approximate surface area is 75.5 Å². The summed E-state index contributed by atoms with van der Waals surface area (Å²) in [6.45, 7) is 0. The van der Waals surface area contributed by atoms with Crippen molar-refractivity contribution in [2.75, 3.05) is 5.73 Å². The Bertz CT molecular complexity index is 399. The molecule has 0 saturated carbocycles. The van der Waals surface area contributed by atoms with Gasteiger partial charge in [0.2, 0.25) is 5.95 Å². The SMILES string of the molecule is Nc1nccc(-c2ccncc2)n1. The zero-order chi connectivity index (χ0) is 9.10. The van der Waals surface area contributed by atoms with E-state index in [1.165, 1.54) is 0 Å². The third-order valence-electron chi connectivity index (χ3n) is 1.65. The number of nitrogens with zero attached hydrogens (tertiary/aromatic N) is 3. The van der Waals surface area contributed by atoms with E-state index in [2.05, 4.69) is 15.0 Å². The third-order valence-corrected chi connectivity index (χ3v) is 1.65. The van der Waals surface area contributed by atoms with E-state index in [4.69, 9.17) is 5.73 Å². The minimum absolute atomic E-state index is 0.286. The van der Waals surface area contributed by atoms with Crippen molar-refractivity contribution in [3.8, 4) is 11.3 Å². The van der Waals surface area contributed by atoms with Gasteiger partial charge in [0, 0.05) is 24.2 Å². The summed E-state index contributed by atoms with van der Waals surface area (Å²) in [5.41, 5.74) is 7.26. The Balaban J connectivity index is 2.48. The van der Waals surface area contributed by atoms with Gasteiger partial charge in [-0.3, -0.25) is 4.98 Å². The smallest absolute Gasteiger partial charge is 0.220 e. The highest BCUT2D eigenvalue weighted by molar-refractivity contribution is 5.58. The van der Waals surface area contributed by atoms with Gasteiger partial charge in [-0.05, 0) is 18.2 Å². The molecule has 0 amide bonds. The molecule has 2 heterocycles. The first-order valence-corrected chi connectivity index (χ1v) is 3.85. The summed E-state index contributed by atoms with van der Waals surface area (Å²) in [7, 11) is 0. The molecule has 13 heavy (non-hydrogen) atoms. The van der Waals surface area contributed by atoms with Crippen LogP contribution in [0.3, 0.4) is 0 Å². The van der Waals surface area contributed by atoms with E-state index < -0.39 is 0 Å². The molecule has 2 aromatic rings. The standard InChI is InChI=1S/C9H8N4/c10-9-12-6-3-8(13-9)7-1-4-11-5-2-7/h1-6H,(H2,10,12,13). The van der Waals surface area contributed by atoms with E-state index in [-0.39, 0.29) is 5.95 Å². The maximum atomic E-state index is 5.46. The quantitative estimate of drug-likeness (QED) is 0.700. The highest BCUT2D eigenvalue weighted by Crippen LogP contribution is 2.14. The summed E-state index contributed by atoms with van der Waals surface area (Å²) < 4.78 is 0. The first-order valence-electron chi connectivity index (χ1n) is 3.85. The molecular formula is C9H8N4. The van der Waals surface area contributed by atoms with E-state index in [9.17, 15) is 0 Å². The van der Waals surface area contributed by atoms with Crippen molar-refractivity contribution in [3.05, 3.63) is 36.8 Å². The summed E-state index contributed by atoms with van der Waals surface area (Å²) in [5, 5.41) is 0. The van der Waals surface area contributed by atoms with Crippen molar-refractivity contribution in [3.63, 3.8) is 0 Å². The van der Waals surface area contributed by atoms with Gasteiger partial charge in [-0.2, -0.15) is 0 Å². The Morgan fingerprint density at radius 1 is 1.00 bits per heavy atom. The number of nitrogen functional groups attached to an aromatic ring is 1. The van der Waals surface area contributed by atoms with Crippen LogP contribution in [-0.4, -0.2) is 15.0 Å². The van der Waals surface area contributed by atoms with Crippen LogP contribution < -0.4 is 5.73 Å². The second kappa shape index (κ2) is 3.18. The number of hydrogen-bond donors (Lipinski definition) is 1. The largest absolute Gasteiger partial charge is 0.368 e. The molecule has 0 saturated heterocycles. The molecule has 2 aromatic heterocycles. The zero-order valence-electron chi connectivity index (χ0n) is 6.88. The van der Waals surface area contributed by atoms with Crippen LogP contribution >= 0.6 is 0 Å². The predicted octanol–water partition coefficient (Wildman–Crippen LogP) is 1.12. The van der Waals surface area contributed by atoms with Crippen LogP contribution in [0.25, 0.3) is 11.3 Å². The van der Waals surface area contributed by atoms with Crippen LogP contribution in [0.15, 0.2) is 36.8 Å². The summed E-state index contributed by atoms with van der Waals surface area (Å²) in [6, 6.07) is 5.56. The Morgan fingerprint density at radius 3 is 2.46 bits per heavy atom. The lowest BCUT2D eigenvalue weighted by molar-refractivity contribution is 1.19.